The van der Waals surface area contributed by atoms with Crippen LogP contribution in [0.3, 0.4) is 0 Å². The Morgan fingerprint density at radius 1 is 1.12 bits per heavy atom. The van der Waals surface area contributed by atoms with E-state index in [1.165, 1.54) is 16.9 Å². The third-order valence-corrected chi connectivity index (χ3v) is 10.7. The fourth-order valence-corrected chi connectivity index (χ4v) is 7.61. The fraction of sp³-hybridized carbons (Fsp3) is 0.355. The van der Waals surface area contributed by atoms with E-state index in [1.807, 2.05) is 43.0 Å². The number of fused-ring (bicyclic) bond motifs is 1. The number of hydrogen-bond acceptors (Lipinski definition) is 7. The molecule has 0 bridgehead atoms. The number of ether oxygens (including phenoxy) is 1. The number of hydrogen-bond donors (Lipinski definition) is 2. The lowest BCUT2D eigenvalue weighted by atomic mass is 10.1. The third kappa shape index (κ3) is 6.81. The van der Waals surface area contributed by atoms with Crippen LogP contribution in [0.1, 0.15) is 27.3 Å². The number of thioether (sulfide) groups is 1. The number of carbonyl (C=O) groups excluding carboxylic acids is 1. The van der Waals surface area contributed by atoms with Gasteiger partial charge in [-0.15, -0.1) is 0 Å². The number of anilines is 1. The van der Waals surface area contributed by atoms with E-state index in [-0.39, 0.29) is 16.1 Å². The smallest absolute Gasteiger partial charge is 0.267 e. The molecular formula is C31H37N5O4S2. The predicted octanol–water partition coefficient (Wildman–Crippen LogP) is 4.37. The number of pyridine rings is 1. The summed E-state index contributed by atoms with van der Waals surface area (Å²) in [4.78, 5) is 23.3. The second kappa shape index (κ2) is 13.3. The number of nitrogens with zero attached hydrogens (tertiary/aromatic N) is 3. The van der Waals surface area contributed by atoms with Gasteiger partial charge in [-0.2, -0.15) is 11.8 Å². The van der Waals surface area contributed by atoms with Crippen molar-refractivity contribution in [2.45, 2.75) is 29.7 Å². The summed E-state index contributed by atoms with van der Waals surface area (Å²) in [6.45, 7) is 8.20. The van der Waals surface area contributed by atoms with Gasteiger partial charge in [0.2, 0.25) is 0 Å². The SMILES string of the molecule is Cc1ncccc1S(=O)(=O)N(C)c1ccc(C)c2cc(C(=O)NCC(CN3CCOCC3)SCc3ccccc3)[nH]c12. The molecule has 5 rings (SSSR count). The van der Waals surface area contributed by atoms with Crippen molar-refractivity contribution in [3.63, 3.8) is 0 Å². The minimum atomic E-state index is -3.87. The zero-order valence-corrected chi connectivity index (χ0v) is 25.8. The van der Waals surface area contributed by atoms with Gasteiger partial charge < -0.3 is 15.0 Å². The van der Waals surface area contributed by atoms with Crippen LogP contribution in [-0.2, 0) is 20.5 Å². The highest BCUT2D eigenvalue weighted by molar-refractivity contribution is 7.99. The molecule has 0 saturated carbocycles. The molecule has 2 N–H and O–H groups in total. The number of sulfonamides is 1. The van der Waals surface area contributed by atoms with E-state index in [1.54, 1.807) is 37.4 Å². The van der Waals surface area contributed by atoms with E-state index in [4.69, 9.17) is 4.74 Å². The second-order valence-corrected chi connectivity index (χ2v) is 13.7. The monoisotopic (exact) mass is 607 g/mol. The molecule has 0 aliphatic carbocycles. The van der Waals surface area contributed by atoms with E-state index in [0.717, 1.165) is 49.6 Å². The third-order valence-electron chi connectivity index (χ3n) is 7.55. The predicted molar refractivity (Wildman–Crippen MR) is 169 cm³/mol. The summed E-state index contributed by atoms with van der Waals surface area (Å²) >= 11 is 1.84. The summed E-state index contributed by atoms with van der Waals surface area (Å²) in [5.74, 6) is 0.634. The van der Waals surface area contributed by atoms with E-state index in [2.05, 4.69) is 32.3 Å². The number of aromatic nitrogens is 2. The van der Waals surface area contributed by atoms with Gasteiger partial charge in [0.05, 0.1) is 30.1 Å². The number of benzene rings is 2. The van der Waals surface area contributed by atoms with E-state index >= 15 is 0 Å². The number of rotatable bonds is 11. The van der Waals surface area contributed by atoms with Crippen LogP contribution in [0.15, 0.2) is 71.8 Å². The summed E-state index contributed by atoms with van der Waals surface area (Å²) in [5.41, 5.74) is 4.06. The lowest BCUT2D eigenvalue weighted by Crippen LogP contribution is -2.43. The summed E-state index contributed by atoms with van der Waals surface area (Å²) < 4.78 is 33.8. The van der Waals surface area contributed by atoms with Gasteiger partial charge in [-0.3, -0.25) is 19.0 Å². The standard InChI is InChI=1S/C31H37N5O4S2/c1-22-11-12-28(35(3)42(38,39)29-10-7-13-32-23(29)2)30-26(22)18-27(34-30)31(37)33-19-25(20-36-14-16-40-17-15-36)41-21-24-8-5-4-6-9-24/h4-13,18,25,34H,14-17,19-21H2,1-3H3,(H,33,37). The van der Waals surface area contributed by atoms with Crippen LogP contribution >= 0.6 is 11.8 Å². The number of carbonyl (C=O) groups is 1. The Morgan fingerprint density at radius 3 is 2.62 bits per heavy atom. The minimum Gasteiger partial charge on any atom is -0.379 e. The molecule has 9 nitrogen and oxygen atoms in total. The molecule has 42 heavy (non-hydrogen) atoms. The van der Waals surface area contributed by atoms with Crippen LogP contribution in [0.4, 0.5) is 5.69 Å². The maximum absolute atomic E-state index is 13.5. The Bertz CT molecular complexity index is 1640. The summed E-state index contributed by atoms with van der Waals surface area (Å²) in [7, 11) is -2.35. The fourth-order valence-electron chi connectivity index (χ4n) is 5.09. The zero-order valence-electron chi connectivity index (χ0n) is 24.2. The van der Waals surface area contributed by atoms with Crippen molar-refractivity contribution in [3.05, 3.63) is 89.4 Å². The molecule has 2 aromatic heterocycles. The van der Waals surface area contributed by atoms with E-state index in [9.17, 15) is 13.2 Å². The molecule has 3 heterocycles. The van der Waals surface area contributed by atoms with Crippen LogP contribution in [-0.4, -0.2) is 80.9 Å². The van der Waals surface area contributed by atoms with Gasteiger partial charge in [-0.1, -0.05) is 36.4 Å². The van der Waals surface area contributed by atoms with Gasteiger partial charge in [0.1, 0.15) is 10.6 Å². The lowest BCUT2D eigenvalue weighted by molar-refractivity contribution is 0.0381. The highest BCUT2D eigenvalue weighted by atomic mass is 32.2. The van der Waals surface area contributed by atoms with E-state index < -0.39 is 10.0 Å². The zero-order chi connectivity index (χ0) is 29.7. The van der Waals surface area contributed by atoms with Gasteiger partial charge in [0, 0.05) is 55.8 Å². The molecule has 1 fully saturated rings. The Kier molecular flexibility index (Phi) is 9.52. The topological polar surface area (TPSA) is 108 Å². The number of aromatic amines is 1. The first-order chi connectivity index (χ1) is 20.2. The van der Waals surface area contributed by atoms with Gasteiger partial charge in [-0.05, 0) is 49.2 Å². The van der Waals surface area contributed by atoms with Crippen molar-refractivity contribution in [3.8, 4) is 0 Å². The van der Waals surface area contributed by atoms with Crippen molar-refractivity contribution in [2.75, 3.05) is 50.7 Å². The Labute approximate surface area is 251 Å². The number of aryl methyl sites for hydroxylation is 2. The molecule has 2 aromatic carbocycles. The lowest BCUT2D eigenvalue weighted by Gasteiger charge is -2.30. The molecule has 1 aliphatic rings. The summed E-state index contributed by atoms with van der Waals surface area (Å²) in [5, 5.41) is 4.11. The van der Waals surface area contributed by atoms with Crippen molar-refractivity contribution in [1.29, 1.82) is 0 Å². The molecule has 4 aromatic rings. The first-order valence-corrected chi connectivity index (χ1v) is 16.5. The molecule has 1 unspecified atom stereocenters. The van der Waals surface area contributed by atoms with Crippen molar-refractivity contribution in [2.24, 2.45) is 0 Å². The highest BCUT2D eigenvalue weighted by Crippen LogP contribution is 2.32. The van der Waals surface area contributed by atoms with Crippen LogP contribution in [0, 0.1) is 13.8 Å². The largest absolute Gasteiger partial charge is 0.379 e. The molecule has 1 amide bonds. The Morgan fingerprint density at radius 2 is 1.88 bits per heavy atom. The second-order valence-electron chi connectivity index (χ2n) is 10.5. The minimum absolute atomic E-state index is 0.144. The van der Waals surface area contributed by atoms with Gasteiger partial charge in [0.25, 0.3) is 15.9 Å². The maximum atomic E-state index is 13.5. The molecule has 222 valence electrons. The van der Waals surface area contributed by atoms with Crippen molar-refractivity contribution >= 4 is 44.3 Å². The highest BCUT2D eigenvalue weighted by Gasteiger charge is 2.26. The van der Waals surface area contributed by atoms with Gasteiger partial charge in [-0.25, -0.2) is 8.42 Å². The normalized spacial score (nSPS) is 15.0. The molecule has 1 atom stereocenters. The number of H-pyrrole nitrogens is 1. The average Bonchev–Trinajstić information content (AvgIpc) is 3.46. The van der Waals surface area contributed by atoms with Crippen LogP contribution < -0.4 is 9.62 Å². The van der Waals surface area contributed by atoms with Crippen LogP contribution in [0.2, 0.25) is 0 Å². The molecule has 0 spiro atoms. The summed E-state index contributed by atoms with van der Waals surface area (Å²) in [6.07, 6.45) is 1.57. The van der Waals surface area contributed by atoms with E-state index in [0.29, 0.717) is 29.1 Å². The average molecular weight is 608 g/mol. The van der Waals surface area contributed by atoms with Crippen molar-refractivity contribution < 1.29 is 17.9 Å². The number of amides is 1. The van der Waals surface area contributed by atoms with Gasteiger partial charge in [0.15, 0.2) is 0 Å². The Hall–Kier alpha value is -3.38. The maximum Gasteiger partial charge on any atom is 0.267 e. The quantitative estimate of drug-likeness (QED) is 0.261. The molecular weight excluding hydrogens is 571 g/mol. The summed E-state index contributed by atoms with van der Waals surface area (Å²) in [6, 6.07) is 18.9. The number of morpholine rings is 1. The van der Waals surface area contributed by atoms with Crippen molar-refractivity contribution in [1.82, 2.24) is 20.2 Å². The first-order valence-electron chi connectivity index (χ1n) is 14.0. The van der Waals surface area contributed by atoms with Gasteiger partial charge >= 0.3 is 0 Å². The Balaban J connectivity index is 1.34. The molecule has 1 aliphatic heterocycles. The first kappa shape index (κ1) is 30.1. The molecule has 0 radical (unpaired) electrons. The molecule has 11 heteroatoms. The van der Waals surface area contributed by atoms with Crippen LogP contribution in [0.5, 0.6) is 0 Å². The van der Waals surface area contributed by atoms with Crippen LogP contribution in [0.25, 0.3) is 10.9 Å². The number of nitrogens with one attached hydrogen (secondary N) is 2. The molecule has 1 saturated heterocycles.